The lowest BCUT2D eigenvalue weighted by Gasteiger charge is -2.18. The maximum absolute atomic E-state index is 12.5. The number of nitrogens with one attached hydrogen (secondary N) is 2. The summed E-state index contributed by atoms with van der Waals surface area (Å²) in [6.07, 6.45) is 1.64. The van der Waals surface area contributed by atoms with Gasteiger partial charge in [0.25, 0.3) is 11.5 Å². The van der Waals surface area contributed by atoms with Crippen LogP contribution < -0.4 is 10.9 Å². The second-order valence-electron chi connectivity index (χ2n) is 5.29. The Morgan fingerprint density at radius 1 is 1.38 bits per heavy atom. The number of aromatic nitrogens is 4. The largest absolute Gasteiger partial charge is 0.382 e. The molecule has 124 valence electrons. The van der Waals surface area contributed by atoms with Crippen molar-refractivity contribution in [3.8, 4) is 0 Å². The number of carbonyl (C=O) groups is 1. The number of fused-ring (bicyclic) bond motifs is 1. The van der Waals surface area contributed by atoms with Gasteiger partial charge in [0.2, 0.25) is 0 Å². The number of hydrogen-bond donors (Lipinski definition) is 2. The van der Waals surface area contributed by atoms with Crippen LogP contribution in [0.15, 0.2) is 41.3 Å². The minimum Gasteiger partial charge on any atom is -0.382 e. The van der Waals surface area contributed by atoms with Gasteiger partial charge >= 0.3 is 0 Å². The van der Waals surface area contributed by atoms with Crippen LogP contribution in [0.25, 0.3) is 10.9 Å². The van der Waals surface area contributed by atoms with E-state index >= 15 is 0 Å². The van der Waals surface area contributed by atoms with Crippen molar-refractivity contribution in [3.05, 3.63) is 58.4 Å². The highest BCUT2D eigenvalue weighted by Gasteiger charge is 2.20. The summed E-state index contributed by atoms with van der Waals surface area (Å²) in [6, 6.07) is 8.24. The smallest absolute Gasteiger partial charge is 0.287 e. The Morgan fingerprint density at radius 3 is 2.88 bits per heavy atom. The van der Waals surface area contributed by atoms with Crippen molar-refractivity contribution >= 4 is 16.8 Å². The summed E-state index contributed by atoms with van der Waals surface area (Å²) in [6.45, 7) is 0.267. The van der Waals surface area contributed by atoms with Crippen LogP contribution in [-0.2, 0) is 11.8 Å². The highest BCUT2D eigenvalue weighted by molar-refractivity contribution is 5.92. The van der Waals surface area contributed by atoms with Crippen LogP contribution >= 0.6 is 0 Å². The summed E-state index contributed by atoms with van der Waals surface area (Å²) in [4.78, 5) is 31.3. The van der Waals surface area contributed by atoms with E-state index in [0.29, 0.717) is 10.9 Å². The molecule has 3 aromatic rings. The minimum absolute atomic E-state index is 0.0398. The number of carbonyl (C=O) groups excluding carboxylic acids is 1. The van der Waals surface area contributed by atoms with Crippen molar-refractivity contribution in [1.82, 2.24) is 25.1 Å². The van der Waals surface area contributed by atoms with Gasteiger partial charge in [-0.05, 0) is 18.2 Å². The molecule has 0 spiro atoms. The zero-order chi connectivity index (χ0) is 17.1. The fourth-order valence-electron chi connectivity index (χ4n) is 2.51. The number of H-pyrrole nitrogens is 1. The van der Waals surface area contributed by atoms with E-state index in [-0.39, 0.29) is 18.0 Å². The van der Waals surface area contributed by atoms with E-state index in [0.717, 1.165) is 5.69 Å². The molecule has 0 unspecified atom stereocenters. The number of ether oxygens (including phenoxy) is 1. The number of amides is 1. The number of rotatable bonds is 5. The van der Waals surface area contributed by atoms with E-state index in [4.69, 9.17) is 4.74 Å². The number of aryl methyl sites for hydroxylation is 1. The van der Waals surface area contributed by atoms with Crippen molar-refractivity contribution in [2.24, 2.45) is 7.05 Å². The number of nitrogens with zero attached hydrogens (tertiary/aromatic N) is 3. The van der Waals surface area contributed by atoms with Gasteiger partial charge in [-0.15, -0.1) is 0 Å². The lowest BCUT2D eigenvalue weighted by atomic mass is 10.2. The Morgan fingerprint density at radius 2 is 2.17 bits per heavy atom. The third-order valence-electron chi connectivity index (χ3n) is 3.68. The summed E-state index contributed by atoms with van der Waals surface area (Å²) in [5.74, 6) is -0.525. The first-order valence-electron chi connectivity index (χ1n) is 7.37. The molecular formula is C16H17N5O3. The molecule has 0 aliphatic carbocycles. The zero-order valence-electron chi connectivity index (χ0n) is 13.3. The summed E-state index contributed by atoms with van der Waals surface area (Å²) >= 11 is 0. The van der Waals surface area contributed by atoms with E-state index in [1.165, 1.54) is 0 Å². The molecule has 1 aromatic carbocycles. The molecule has 2 heterocycles. The van der Waals surface area contributed by atoms with Gasteiger partial charge in [-0.1, -0.05) is 12.1 Å². The summed E-state index contributed by atoms with van der Waals surface area (Å²) in [5.41, 5.74) is 0.901. The molecular weight excluding hydrogens is 310 g/mol. The Bertz CT molecular complexity index is 931. The van der Waals surface area contributed by atoms with Gasteiger partial charge in [0.05, 0.1) is 29.2 Å². The first kappa shape index (κ1) is 15.9. The predicted molar refractivity (Wildman–Crippen MR) is 87.7 cm³/mol. The molecule has 1 amide bonds. The van der Waals surface area contributed by atoms with Crippen LogP contribution in [0.4, 0.5) is 0 Å². The van der Waals surface area contributed by atoms with Crippen LogP contribution in [0.3, 0.4) is 0 Å². The molecule has 24 heavy (non-hydrogen) atoms. The number of para-hydroxylation sites is 1. The van der Waals surface area contributed by atoms with Crippen LogP contribution in [0, 0.1) is 0 Å². The number of benzene rings is 1. The maximum atomic E-state index is 12.5. The van der Waals surface area contributed by atoms with Crippen LogP contribution in [0.5, 0.6) is 0 Å². The summed E-state index contributed by atoms with van der Waals surface area (Å²) in [5, 5.41) is 7.34. The van der Waals surface area contributed by atoms with Crippen molar-refractivity contribution in [1.29, 1.82) is 0 Å². The number of methoxy groups -OCH3 is 1. The van der Waals surface area contributed by atoms with Gasteiger partial charge in [-0.3, -0.25) is 14.3 Å². The molecule has 0 radical (unpaired) electrons. The van der Waals surface area contributed by atoms with Gasteiger partial charge in [0, 0.05) is 20.4 Å². The van der Waals surface area contributed by atoms with E-state index in [1.807, 2.05) is 0 Å². The Hall–Kier alpha value is -3.00. The molecule has 2 aromatic heterocycles. The highest BCUT2D eigenvalue weighted by atomic mass is 16.5. The Balaban J connectivity index is 1.91. The van der Waals surface area contributed by atoms with Gasteiger partial charge < -0.3 is 15.0 Å². The summed E-state index contributed by atoms with van der Waals surface area (Å²) < 4.78 is 6.82. The Kier molecular flexibility index (Phi) is 4.39. The topological polar surface area (TPSA) is 102 Å². The van der Waals surface area contributed by atoms with E-state index < -0.39 is 11.9 Å². The van der Waals surface area contributed by atoms with Crippen molar-refractivity contribution < 1.29 is 9.53 Å². The minimum atomic E-state index is -0.485. The molecule has 0 bridgehead atoms. The van der Waals surface area contributed by atoms with Crippen LogP contribution in [0.1, 0.15) is 22.4 Å². The lowest BCUT2D eigenvalue weighted by molar-refractivity contribution is 0.0882. The molecule has 0 saturated carbocycles. The number of hydrogen-bond acceptors (Lipinski definition) is 5. The van der Waals surface area contributed by atoms with E-state index in [1.54, 1.807) is 55.4 Å². The molecule has 0 aliphatic rings. The maximum Gasteiger partial charge on any atom is 0.287 e. The SMILES string of the molecule is COC[C@H](NC(=O)c1nc2ccccc2c(=O)[nH]1)c1ccnn1C. The van der Waals surface area contributed by atoms with Crippen LogP contribution in [0.2, 0.25) is 0 Å². The fourth-order valence-corrected chi connectivity index (χ4v) is 2.51. The molecule has 3 rings (SSSR count). The number of aromatic amines is 1. The highest BCUT2D eigenvalue weighted by Crippen LogP contribution is 2.13. The first-order chi connectivity index (χ1) is 11.6. The average Bonchev–Trinajstić information content (AvgIpc) is 3.00. The third-order valence-corrected chi connectivity index (χ3v) is 3.68. The van der Waals surface area contributed by atoms with Gasteiger partial charge in [0.15, 0.2) is 5.82 Å². The van der Waals surface area contributed by atoms with Crippen molar-refractivity contribution in [2.45, 2.75) is 6.04 Å². The van der Waals surface area contributed by atoms with E-state index in [9.17, 15) is 9.59 Å². The van der Waals surface area contributed by atoms with Crippen molar-refractivity contribution in [2.75, 3.05) is 13.7 Å². The normalized spacial score (nSPS) is 12.2. The molecule has 0 aliphatic heterocycles. The quantitative estimate of drug-likeness (QED) is 0.721. The fraction of sp³-hybridized carbons (Fsp3) is 0.250. The predicted octanol–water partition coefficient (Wildman–Crippen LogP) is 0.774. The lowest BCUT2D eigenvalue weighted by Crippen LogP contribution is -2.34. The molecule has 8 nitrogen and oxygen atoms in total. The molecule has 2 N–H and O–H groups in total. The third kappa shape index (κ3) is 3.04. The molecule has 8 heteroatoms. The second-order valence-corrected chi connectivity index (χ2v) is 5.29. The average molecular weight is 327 g/mol. The van der Waals surface area contributed by atoms with Gasteiger partial charge in [-0.25, -0.2) is 4.98 Å². The first-order valence-corrected chi connectivity index (χ1v) is 7.37. The summed E-state index contributed by atoms with van der Waals surface area (Å²) in [7, 11) is 3.33. The van der Waals surface area contributed by atoms with Gasteiger partial charge in [0.1, 0.15) is 0 Å². The molecule has 0 saturated heterocycles. The molecule has 0 fully saturated rings. The molecule has 1 atom stereocenters. The standard InChI is InChI=1S/C16H17N5O3/c1-21-13(7-8-17-21)12(9-24-2)19-16(23)14-18-11-6-4-3-5-10(11)15(22)20-14/h3-8,12H,9H2,1-2H3,(H,19,23)(H,18,20,22)/t12-/m0/s1. The van der Waals surface area contributed by atoms with Gasteiger partial charge in [-0.2, -0.15) is 5.10 Å². The van der Waals surface area contributed by atoms with Crippen LogP contribution in [-0.4, -0.2) is 39.4 Å². The Labute approximate surface area is 137 Å². The monoisotopic (exact) mass is 327 g/mol. The van der Waals surface area contributed by atoms with E-state index in [2.05, 4.69) is 20.4 Å². The van der Waals surface area contributed by atoms with Crippen molar-refractivity contribution in [3.63, 3.8) is 0 Å². The zero-order valence-corrected chi connectivity index (χ0v) is 13.3. The second kappa shape index (κ2) is 6.63.